The summed E-state index contributed by atoms with van der Waals surface area (Å²) in [6.07, 6.45) is 9.30. The first-order valence-corrected chi connectivity index (χ1v) is 10.6. The number of carbonyl (C=O) groups excluding carboxylic acids is 2. The minimum absolute atomic E-state index is 0.222. The molecule has 7 nitrogen and oxygen atoms in total. The Bertz CT molecular complexity index is 628. The number of nitrogens with zero attached hydrogens (tertiary/aromatic N) is 2. The molecule has 8 heteroatoms. The van der Waals surface area contributed by atoms with Gasteiger partial charge in [0.25, 0.3) is 0 Å². The summed E-state index contributed by atoms with van der Waals surface area (Å²) in [5, 5.41) is 5.22. The predicted octanol–water partition coefficient (Wildman–Crippen LogP) is -1.73. The highest BCUT2D eigenvalue weighted by molar-refractivity contribution is 7.80. The maximum absolute atomic E-state index is 12.8. The Hall–Kier alpha value is -1.64. The molecule has 0 spiro atoms. The number of nitrogens with one attached hydrogen (secondary N) is 2. The molecule has 0 unspecified atom stereocenters. The minimum Gasteiger partial charge on any atom is -0.337 e. The zero-order valence-electron chi connectivity index (χ0n) is 15.9. The average molecular weight is 394 g/mol. The van der Waals surface area contributed by atoms with E-state index < -0.39 is 5.92 Å². The monoisotopic (exact) mass is 393 g/mol. The van der Waals surface area contributed by atoms with Gasteiger partial charge in [-0.05, 0) is 44.3 Å². The van der Waals surface area contributed by atoms with Crippen molar-refractivity contribution in [2.24, 2.45) is 10.9 Å². The molecular formula is C19H31N5O2S+2. The van der Waals surface area contributed by atoms with Gasteiger partial charge in [0.2, 0.25) is 11.8 Å². The average Bonchev–Trinajstić information content (AvgIpc) is 2.68. The molecular weight excluding hydrogens is 362 g/mol. The highest BCUT2D eigenvalue weighted by Crippen LogP contribution is 2.21. The lowest BCUT2D eigenvalue weighted by Gasteiger charge is -2.31. The highest BCUT2D eigenvalue weighted by atomic mass is 32.1. The van der Waals surface area contributed by atoms with Gasteiger partial charge in [-0.2, -0.15) is 0 Å². The van der Waals surface area contributed by atoms with E-state index in [1.807, 2.05) is 0 Å². The van der Waals surface area contributed by atoms with Crippen molar-refractivity contribution in [1.29, 1.82) is 0 Å². The van der Waals surface area contributed by atoms with Crippen LogP contribution in [0.1, 0.15) is 32.1 Å². The van der Waals surface area contributed by atoms with Crippen LogP contribution in [0, 0.1) is 5.92 Å². The lowest BCUT2D eigenvalue weighted by atomic mass is 9.97. The van der Waals surface area contributed by atoms with E-state index in [2.05, 4.69) is 21.7 Å². The van der Waals surface area contributed by atoms with Gasteiger partial charge >= 0.3 is 0 Å². The fourth-order valence-corrected chi connectivity index (χ4v) is 4.18. The van der Waals surface area contributed by atoms with Crippen LogP contribution in [-0.4, -0.2) is 73.9 Å². The van der Waals surface area contributed by atoms with E-state index >= 15 is 0 Å². The minimum atomic E-state index is -0.860. The van der Waals surface area contributed by atoms with Gasteiger partial charge in [0.05, 0.1) is 13.1 Å². The summed E-state index contributed by atoms with van der Waals surface area (Å²) in [7, 11) is 0. The normalized spacial score (nSPS) is 25.0. The van der Waals surface area contributed by atoms with Crippen LogP contribution in [0.5, 0.6) is 0 Å². The van der Waals surface area contributed by atoms with Gasteiger partial charge in [-0.15, -0.1) is 0 Å². The molecule has 27 heavy (non-hydrogen) atoms. The van der Waals surface area contributed by atoms with E-state index in [1.165, 1.54) is 34.4 Å². The maximum Gasteiger partial charge on any atom is 0.246 e. The van der Waals surface area contributed by atoms with Crippen molar-refractivity contribution < 1.29 is 19.8 Å². The fourth-order valence-electron chi connectivity index (χ4n) is 3.90. The van der Waals surface area contributed by atoms with Gasteiger partial charge in [-0.3, -0.25) is 19.5 Å². The van der Waals surface area contributed by atoms with E-state index in [0.717, 1.165) is 52.0 Å². The van der Waals surface area contributed by atoms with Crippen molar-refractivity contribution in [2.45, 2.75) is 32.1 Å². The Morgan fingerprint density at radius 3 is 2.89 bits per heavy atom. The second-order valence-electron chi connectivity index (χ2n) is 7.54. The summed E-state index contributed by atoms with van der Waals surface area (Å²) in [5.41, 5.74) is 1.39. The molecule has 2 heterocycles. The SMILES string of the molecule is O=C1NC(=S)N(CCC2=CCCCC2)C(=O)[C@@H]1C=NCC[NH+]1CC[NH2+]CC1. The van der Waals surface area contributed by atoms with E-state index in [1.54, 1.807) is 0 Å². The summed E-state index contributed by atoms with van der Waals surface area (Å²) in [4.78, 5) is 32.4. The molecule has 0 radical (unpaired) electrons. The smallest absolute Gasteiger partial charge is 0.246 e. The predicted molar refractivity (Wildman–Crippen MR) is 108 cm³/mol. The van der Waals surface area contributed by atoms with Crippen LogP contribution in [-0.2, 0) is 9.59 Å². The lowest BCUT2D eigenvalue weighted by Crippen LogP contribution is -3.20. The molecule has 148 valence electrons. The highest BCUT2D eigenvalue weighted by Gasteiger charge is 2.37. The summed E-state index contributed by atoms with van der Waals surface area (Å²) >= 11 is 5.22. The molecule has 0 aromatic rings. The summed E-state index contributed by atoms with van der Waals surface area (Å²) in [5.74, 6) is -1.47. The van der Waals surface area contributed by atoms with E-state index in [-0.39, 0.29) is 16.9 Å². The summed E-state index contributed by atoms with van der Waals surface area (Å²) < 4.78 is 0. The molecule has 0 bridgehead atoms. The van der Waals surface area contributed by atoms with Crippen molar-refractivity contribution >= 4 is 35.4 Å². The first kappa shape index (κ1) is 20.1. The van der Waals surface area contributed by atoms with E-state index in [9.17, 15) is 9.59 Å². The second-order valence-corrected chi connectivity index (χ2v) is 7.93. The largest absolute Gasteiger partial charge is 0.337 e. The third-order valence-electron chi connectivity index (χ3n) is 5.58. The fraction of sp³-hybridized carbons (Fsp3) is 0.684. The molecule has 0 aromatic heterocycles. The molecule has 2 amide bonds. The zero-order valence-corrected chi connectivity index (χ0v) is 16.7. The molecule has 2 saturated heterocycles. The second kappa shape index (κ2) is 10.1. The van der Waals surface area contributed by atoms with Gasteiger partial charge in [-0.1, -0.05) is 11.6 Å². The lowest BCUT2D eigenvalue weighted by molar-refractivity contribution is -0.945. The molecule has 2 fully saturated rings. The number of carbonyl (C=O) groups is 2. The van der Waals surface area contributed by atoms with Gasteiger partial charge < -0.3 is 15.5 Å². The van der Waals surface area contributed by atoms with E-state index in [4.69, 9.17) is 12.2 Å². The molecule has 2 aliphatic heterocycles. The van der Waals surface area contributed by atoms with Crippen molar-refractivity contribution in [2.75, 3.05) is 45.8 Å². The number of thiocarbonyl (C=S) groups is 1. The number of quaternary nitrogens is 2. The van der Waals surface area contributed by atoms with Crippen LogP contribution in [0.25, 0.3) is 0 Å². The number of hydrogen-bond acceptors (Lipinski definition) is 4. The van der Waals surface area contributed by atoms with Gasteiger partial charge in [0.1, 0.15) is 26.2 Å². The number of nitrogens with two attached hydrogens (primary N) is 1. The topological polar surface area (TPSA) is 82.8 Å². The Morgan fingerprint density at radius 1 is 1.33 bits per heavy atom. The van der Waals surface area contributed by atoms with Crippen LogP contribution in [0.2, 0.25) is 0 Å². The Kier molecular flexibility index (Phi) is 7.49. The zero-order chi connectivity index (χ0) is 19.1. The standard InChI is InChI=1S/C19H29N5O2S/c25-17-16(14-21-9-13-23-11-7-20-8-12-23)18(26)24(19(27)22-17)10-6-15-4-2-1-3-5-15/h4,14,16,20H,1-3,5-13H2,(H,22,25,27)/p+2/t16-/m1/s1. The molecule has 0 saturated carbocycles. The molecule has 1 atom stereocenters. The van der Waals surface area contributed by atoms with Crippen molar-refractivity contribution in [1.82, 2.24) is 10.2 Å². The first-order chi connectivity index (χ1) is 13.1. The summed E-state index contributed by atoms with van der Waals surface area (Å²) in [6.45, 7) is 6.73. The molecule has 1 aliphatic carbocycles. The van der Waals surface area contributed by atoms with Gasteiger partial charge in [0.15, 0.2) is 11.0 Å². The third kappa shape index (κ3) is 5.67. The van der Waals surface area contributed by atoms with Crippen LogP contribution < -0.4 is 15.5 Å². The van der Waals surface area contributed by atoms with Crippen LogP contribution >= 0.6 is 12.2 Å². The molecule has 3 aliphatic rings. The quantitative estimate of drug-likeness (QED) is 0.208. The van der Waals surface area contributed by atoms with Gasteiger partial charge in [-0.25, -0.2) is 0 Å². The Labute approximate surface area is 166 Å². The number of rotatable bonds is 7. The number of hydrogen-bond donors (Lipinski definition) is 3. The van der Waals surface area contributed by atoms with Crippen LogP contribution in [0.4, 0.5) is 0 Å². The number of piperazine rings is 1. The number of aliphatic imine (C=N–C) groups is 1. The van der Waals surface area contributed by atoms with E-state index in [0.29, 0.717) is 13.1 Å². The van der Waals surface area contributed by atoms with Crippen LogP contribution in [0.3, 0.4) is 0 Å². The van der Waals surface area contributed by atoms with Gasteiger partial charge in [0, 0.05) is 12.8 Å². The van der Waals surface area contributed by atoms with Crippen molar-refractivity contribution in [3.8, 4) is 0 Å². The first-order valence-electron chi connectivity index (χ1n) is 10.1. The number of allylic oxidation sites excluding steroid dienone is 1. The van der Waals surface area contributed by atoms with Crippen molar-refractivity contribution in [3.05, 3.63) is 11.6 Å². The molecule has 3 rings (SSSR count). The van der Waals surface area contributed by atoms with Crippen molar-refractivity contribution in [3.63, 3.8) is 0 Å². The Balaban J connectivity index is 1.51. The molecule has 4 N–H and O–H groups in total. The number of amides is 2. The maximum atomic E-state index is 12.8. The Morgan fingerprint density at radius 2 is 2.15 bits per heavy atom. The summed E-state index contributed by atoms with van der Waals surface area (Å²) in [6, 6.07) is 0. The van der Waals surface area contributed by atoms with Crippen LogP contribution in [0.15, 0.2) is 16.6 Å². The third-order valence-corrected chi connectivity index (χ3v) is 5.91. The molecule has 0 aromatic carbocycles.